The molecular weight excluding hydrogens is 258 g/mol. The zero-order valence-corrected chi connectivity index (χ0v) is 11.3. The molecule has 0 N–H and O–H groups in total. The highest BCUT2D eigenvalue weighted by Gasteiger charge is 2.09. The molecule has 0 saturated heterocycles. The Morgan fingerprint density at radius 2 is 2.25 bits per heavy atom. The van der Waals surface area contributed by atoms with Crippen molar-refractivity contribution < 1.29 is 18.8 Å². The first-order valence-electron chi connectivity index (χ1n) is 6.12. The summed E-state index contributed by atoms with van der Waals surface area (Å²) in [5.74, 6) is 0.930. The maximum absolute atomic E-state index is 11.2. The van der Waals surface area contributed by atoms with Crippen LogP contribution in [-0.2, 0) is 16.1 Å². The molecule has 0 saturated carbocycles. The summed E-state index contributed by atoms with van der Waals surface area (Å²) >= 11 is 0. The minimum absolute atomic E-state index is 0.0800. The third-order valence-corrected chi connectivity index (χ3v) is 2.58. The van der Waals surface area contributed by atoms with E-state index in [0.29, 0.717) is 11.5 Å². The fraction of sp³-hybridized carbons (Fsp3) is 0.200. The lowest BCUT2D eigenvalue weighted by Gasteiger charge is -2.00. The molecule has 1 aromatic carbocycles. The third-order valence-electron chi connectivity index (χ3n) is 2.58. The Hall–Kier alpha value is -2.56. The second-order valence-corrected chi connectivity index (χ2v) is 4.02. The zero-order chi connectivity index (χ0) is 14.4. The number of esters is 1. The Kier molecular flexibility index (Phi) is 4.55. The quantitative estimate of drug-likeness (QED) is 0.619. The molecule has 2 aromatic rings. The Morgan fingerprint density at radius 1 is 1.40 bits per heavy atom. The van der Waals surface area contributed by atoms with Crippen molar-refractivity contribution in [2.75, 3.05) is 7.11 Å². The minimum Gasteiger partial charge on any atom is -0.497 e. The molecule has 104 valence electrons. The number of allylic oxidation sites excluding steroid dienone is 1. The maximum Gasteiger partial charge on any atom is 0.330 e. The molecule has 0 aliphatic heterocycles. The van der Waals surface area contributed by atoms with Crippen molar-refractivity contribution in [3.05, 3.63) is 48.2 Å². The molecule has 2 rings (SSSR count). The SMILES string of the molecule is C/C=C\C(=O)OCc1cc(-c2cccc(OC)c2)on1. The molecule has 20 heavy (non-hydrogen) atoms. The molecule has 5 nitrogen and oxygen atoms in total. The number of aromatic nitrogens is 1. The van der Waals surface area contributed by atoms with Gasteiger partial charge in [-0.3, -0.25) is 0 Å². The summed E-state index contributed by atoms with van der Waals surface area (Å²) in [6, 6.07) is 9.18. The number of hydrogen-bond acceptors (Lipinski definition) is 5. The highest BCUT2D eigenvalue weighted by Crippen LogP contribution is 2.24. The molecule has 0 fully saturated rings. The summed E-state index contributed by atoms with van der Waals surface area (Å²) < 4.78 is 15.4. The van der Waals surface area contributed by atoms with Crippen LogP contribution >= 0.6 is 0 Å². The van der Waals surface area contributed by atoms with Crippen LogP contribution in [0.1, 0.15) is 12.6 Å². The molecule has 0 spiro atoms. The van der Waals surface area contributed by atoms with Crippen molar-refractivity contribution in [3.63, 3.8) is 0 Å². The van der Waals surface area contributed by atoms with Gasteiger partial charge in [0.2, 0.25) is 0 Å². The van der Waals surface area contributed by atoms with Gasteiger partial charge in [0, 0.05) is 17.7 Å². The molecule has 0 unspecified atom stereocenters. The van der Waals surface area contributed by atoms with Gasteiger partial charge in [-0.2, -0.15) is 0 Å². The third kappa shape index (κ3) is 3.47. The van der Waals surface area contributed by atoms with Gasteiger partial charge < -0.3 is 14.0 Å². The van der Waals surface area contributed by atoms with Crippen molar-refractivity contribution >= 4 is 5.97 Å². The van der Waals surface area contributed by atoms with Gasteiger partial charge in [-0.1, -0.05) is 23.4 Å². The van der Waals surface area contributed by atoms with Crippen LogP contribution in [0.25, 0.3) is 11.3 Å². The Balaban J connectivity index is 2.06. The van der Waals surface area contributed by atoms with E-state index in [0.717, 1.165) is 11.3 Å². The smallest absolute Gasteiger partial charge is 0.330 e. The van der Waals surface area contributed by atoms with Crippen LogP contribution in [0.5, 0.6) is 5.75 Å². The molecule has 0 atom stereocenters. The van der Waals surface area contributed by atoms with Crippen LogP contribution in [0.15, 0.2) is 47.0 Å². The largest absolute Gasteiger partial charge is 0.497 e. The fourth-order valence-corrected chi connectivity index (χ4v) is 1.62. The summed E-state index contributed by atoms with van der Waals surface area (Å²) in [7, 11) is 1.60. The van der Waals surface area contributed by atoms with Gasteiger partial charge in [-0.25, -0.2) is 4.79 Å². The van der Waals surface area contributed by atoms with Gasteiger partial charge in [0.15, 0.2) is 5.76 Å². The van der Waals surface area contributed by atoms with Gasteiger partial charge in [-0.05, 0) is 19.1 Å². The number of carbonyl (C=O) groups excluding carboxylic acids is 1. The lowest BCUT2D eigenvalue weighted by molar-refractivity contribution is -0.139. The van der Waals surface area contributed by atoms with Crippen LogP contribution in [-0.4, -0.2) is 18.2 Å². The molecule has 5 heteroatoms. The Labute approximate surface area is 116 Å². The second kappa shape index (κ2) is 6.56. The summed E-state index contributed by atoms with van der Waals surface area (Å²) in [6.45, 7) is 1.83. The van der Waals surface area contributed by atoms with E-state index in [1.807, 2.05) is 24.3 Å². The van der Waals surface area contributed by atoms with Crippen molar-refractivity contribution in [2.45, 2.75) is 13.5 Å². The van der Waals surface area contributed by atoms with E-state index in [9.17, 15) is 4.79 Å². The molecule has 0 radical (unpaired) electrons. The molecule has 0 aliphatic carbocycles. The van der Waals surface area contributed by atoms with Crippen molar-refractivity contribution in [1.29, 1.82) is 0 Å². The van der Waals surface area contributed by atoms with Crippen LogP contribution < -0.4 is 4.74 Å². The fourth-order valence-electron chi connectivity index (χ4n) is 1.62. The van der Waals surface area contributed by atoms with E-state index in [4.69, 9.17) is 14.0 Å². The number of methoxy groups -OCH3 is 1. The molecule has 0 bridgehead atoms. The first kappa shape index (κ1) is 13.9. The topological polar surface area (TPSA) is 61.6 Å². The lowest BCUT2D eigenvalue weighted by Crippen LogP contribution is -2.00. The summed E-state index contributed by atoms with van der Waals surface area (Å²) in [5.41, 5.74) is 1.41. The van der Waals surface area contributed by atoms with Crippen LogP contribution in [0.3, 0.4) is 0 Å². The van der Waals surface area contributed by atoms with Gasteiger partial charge in [-0.15, -0.1) is 0 Å². The van der Waals surface area contributed by atoms with E-state index in [-0.39, 0.29) is 6.61 Å². The van der Waals surface area contributed by atoms with Gasteiger partial charge in [0.25, 0.3) is 0 Å². The standard InChI is InChI=1S/C15H15NO4/c1-3-5-15(17)19-10-12-9-14(20-16-12)11-6-4-7-13(8-11)18-2/h3-9H,10H2,1-2H3/b5-3-. The van der Waals surface area contributed by atoms with Crippen molar-refractivity contribution in [3.8, 4) is 17.1 Å². The number of nitrogens with zero attached hydrogens (tertiary/aromatic N) is 1. The predicted octanol–water partition coefficient (Wildman–Crippen LogP) is 2.97. The van der Waals surface area contributed by atoms with Gasteiger partial charge in [0.1, 0.15) is 18.1 Å². The summed E-state index contributed by atoms with van der Waals surface area (Å²) in [4.78, 5) is 11.2. The van der Waals surface area contributed by atoms with E-state index >= 15 is 0 Å². The highest BCUT2D eigenvalue weighted by atomic mass is 16.5. The number of benzene rings is 1. The maximum atomic E-state index is 11.2. The number of ether oxygens (including phenoxy) is 2. The minimum atomic E-state index is -0.404. The zero-order valence-electron chi connectivity index (χ0n) is 11.3. The highest BCUT2D eigenvalue weighted by molar-refractivity contribution is 5.81. The molecular formula is C15H15NO4. The van der Waals surface area contributed by atoms with Crippen LogP contribution in [0, 0.1) is 0 Å². The number of rotatable bonds is 5. The number of carbonyl (C=O) groups is 1. The lowest BCUT2D eigenvalue weighted by atomic mass is 10.1. The second-order valence-electron chi connectivity index (χ2n) is 4.02. The normalized spacial score (nSPS) is 10.7. The van der Waals surface area contributed by atoms with Gasteiger partial charge >= 0.3 is 5.97 Å². The Bertz CT molecular complexity index is 616. The van der Waals surface area contributed by atoms with E-state index in [1.165, 1.54) is 6.08 Å². The van der Waals surface area contributed by atoms with Crippen molar-refractivity contribution in [2.24, 2.45) is 0 Å². The summed E-state index contributed by atoms with van der Waals surface area (Å²) in [5, 5.41) is 3.86. The monoisotopic (exact) mass is 273 g/mol. The molecule has 0 aliphatic rings. The van der Waals surface area contributed by atoms with E-state index in [1.54, 1.807) is 26.2 Å². The first-order valence-corrected chi connectivity index (χ1v) is 6.12. The average Bonchev–Trinajstić information content (AvgIpc) is 2.94. The predicted molar refractivity (Wildman–Crippen MR) is 73.1 cm³/mol. The van der Waals surface area contributed by atoms with E-state index in [2.05, 4.69) is 5.16 Å². The molecule has 0 amide bonds. The summed E-state index contributed by atoms with van der Waals surface area (Å²) in [6.07, 6.45) is 2.97. The first-order chi connectivity index (χ1) is 9.72. The van der Waals surface area contributed by atoms with Crippen molar-refractivity contribution in [1.82, 2.24) is 5.16 Å². The average molecular weight is 273 g/mol. The van der Waals surface area contributed by atoms with Crippen LogP contribution in [0.2, 0.25) is 0 Å². The molecule has 1 heterocycles. The molecule has 1 aromatic heterocycles. The number of hydrogen-bond donors (Lipinski definition) is 0. The Morgan fingerprint density at radius 3 is 3.00 bits per heavy atom. The van der Waals surface area contributed by atoms with E-state index < -0.39 is 5.97 Å². The van der Waals surface area contributed by atoms with Gasteiger partial charge in [0.05, 0.1) is 7.11 Å². The van der Waals surface area contributed by atoms with Crippen LogP contribution in [0.4, 0.5) is 0 Å².